The average molecular weight is 1040 g/mol. The summed E-state index contributed by atoms with van der Waals surface area (Å²) in [7, 11) is 0. The SMILES string of the molecule is CC(C)(C)C(=O)CC(=O)C(F)(F)C(F)(F)C(F)(F)F.CC(C)(C)C(=O)CC(=O)C(F)(F)C(F)(F)C(F)(F)F.CC(C)(C)C(=O)CC(=O)C(F)(F)C(F)(F)C(F)(F)F.[Eu+3]. The summed E-state index contributed by atoms with van der Waals surface area (Å²) in [6.45, 7) is 10.9. The van der Waals surface area contributed by atoms with Crippen LogP contribution in [0.2, 0.25) is 0 Å². The number of halogens is 21. The Labute approximate surface area is 355 Å². The number of carbonyl (C=O) groups is 6. The van der Waals surface area contributed by atoms with Gasteiger partial charge in [-0.1, -0.05) is 62.3 Å². The van der Waals surface area contributed by atoms with Crippen molar-refractivity contribution in [2.45, 2.75) is 136 Å². The molecular formula is C30H33EuF21O6+3. The summed E-state index contributed by atoms with van der Waals surface area (Å²) < 4.78 is 258. The predicted molar refractivity (Wildman–Crippen MR) is 150 cm³/mol. The Bertz CT molecular complexity index is 1310. The molecule has 0 saturated carbocycles. The van der Waals surface area contributed by atoms with Crippen molar-refractivity contribution in [1.82, 2.24) is 0 Å². The molecule has 340 valence electrons. The van der Waals surface area contributed by atoms with E-state index < -0.39 is 124 Å². The van der Waals surface area contributed by atoms with E-state index in [4.69, 9.17) is 0 Å². The van der Waals surface area contributed by atoms with Crippen LogP contribution in [0.15, 0.2) is 0 Å². The Morgan fingerprint density at radius 1 is 0.276 bits per heavy atom. The third-order valence-corrected chi connectivity index (χ3v) is 6.77. The van der Waals surface area contributed by atoms with Gasteiger partial charge in [-0.05, 0) is 0 Å². The van der Waals surface area contributed by atoms with Crippen LogP contribution in [-0.4, -0.2) is 88.8 Å². The molecule has 0 rings (SSSR count). The van der Waals surface area contributed by atoms with Gasteiger partial charge in [0, 0.05) is 16.2 Å². The van der Waals surface area contributed by atoms with E-state index in [-0.39, 0.29) is 49.4 Å². The minimum atomic E-state index is -6.59. The van der Waals surface area contributed by atoms with E-state index >= 15 is 0 Å². The first-order valence-corrected chi connectivity index (χ1v) is 14.8. The topological polar surface area (TPSA) is 102 Å². The van der Waals surface area contributed by atoms with Gasteiger partial charge in [0.15, 0.2) is 0 Å². The predicted octanol–water partition coefficient (Wildman–Crippen LogP) is 10.2. The number of ketones is 6. The number of hydrogen-bond donors (Lipinski definition) is 0. The molecule has 0 unspecified atom stereocenters. The van der Waals surface area contributed by atoms with Crippen LogP contribution in [0.4, 0.5) is 92.2 Å². The van der Waals surface area contributed by atoms with Crippen molar-refractivity contribution in [3.63, 3.8) is 0 Å². The molecule has 0 heterocycles. The first-order valence-electron chi connectivity index (χ1n) is 14.8. The zero-order valence-electron chi connectivity index (χ0n) is 30.9. The van der Waals surface area contributed by atoms with Gasteiger partial charge in [-0.2, -0.15) is 92.2 Å². The Hall–Kier alpha value is -1.87. The van der Waals surface area contributed by atoms with E-state index in [1.165, 1.54) is 62.3 Å². The van der Waals surface area contributed by atoms with Crippen LogP contribution in [0.1, 0.15) is 81.6 Å². The van der Waals surface area contributed by atoms with Crippen LogP contribution < -0.4 is 0 Å². The molecule has 0 amide bonds. The molecule has 0 fully saturated rings. The molecule has 0 aromatic carbocycles. The second kappa shape index (κ2) is 19.5. The second-order valence-electron chi connectivity index (χ2n) is 14.8. The van der Waals surface area contributed by atoms with Crippen LogP contribution in [0.3, 0.4) is 0 Å². The summed E-state index contributed by atoms with van der Waals surface area (Å²) in [6, 6.07) is 0. The second-order valence-corrected chi connectivity index (χ2v) is 14.8. The molecule has 0 aliphatic carbocycles. The molecule has 0 spiro atoms. The third-order valence-electron chi connectivity index (χ3n) is 6.77. The first kappa shape index (κ1) is 62.8. The van der Waals surface area contributed by atoms with Crippen LogP contribution in [0.25, 0.3) is 0 Å². The quantitative estimate of drug-likeness (QED) is 0.143. The van der Waals surface area contributed by atoms with Crippen molar-refractivity contribution < 1.29 is 170 Å². The summed E-state index contributed by atoms with van der Waals surface area (Å²) >= 11 is 0. The minimum absolute atomic E-state index is 0. The molecule has 0 radical (unpaired) electrons. The van der Waals surface area contributed by atoms with E-state index in [1.807, 2.05) is 0 Å². The summed E-state index contributed by atoms with van der Waals surface area (Å²) in [5, 5.41) is 0. The maximum atomic E-state index is 12.9. The number of alkyl halides is 21. The van der Waals surface area contributed by atoms with E-state index in [9.17, 15) is 121 Å². The van der Waals surface area contributed by atoms with Gasteiger partial charge >= 0.3 is 103 Å². The van der Waals surface area contributed by atoms with E-state index in [0.29, 0.717) is 0 Å². The normalized spacial score (nSPS) is 14.2. The molecule has 0 atom stereocenters. The van der Waals surface area contributed by atoms with Crippen LogP contribution in [0, 0.1) is 65.6 Å². The fraction of sp³-hybridized carbons (Fsp3) is 0.800. The first-order chi connectivity index (χ1) is 24.1. The van der Waals surface area contributed by atoms with E-state index in [1.54, 1.807) is 0 Å². The van der Waals surface area contributed by atoms with Gasteiger partial charge in [0.05, 0.1) is 19.3 Å². The molecule has 0 N–H and O–H groups in total. The number of rotatable bonds is 12. The van der Waals surface area contributed by atoms with Gasteiger partial charge in [-0.3, -0.25) is 28.8 Å². The van der Waals surface area contributed by atoms with Crippen LogP contribution in [0.5, 0.6) is 0 Å². The van der Waals surface area contributed by atoms with Crippen molar-refractivity contribution in [3.8, 4) is 0 Å². The van der Waals surface area contributed by atoms with Gasteiger partial charge in [0.2, 0.25) is 17.3 Å². The van der Waals surface area contributed by atoms with Crippen LogP contribution in [-0.2, 0) is 28.8 Å². The molecule has 0 aromatic rings. The standard InChI is InChI=1S/3C10H11F7O2.Eu/c3*1-7(2,3)5(18)4-6(19)8(11,12)9(13,14)10(15,16)17;/h3*4H2,1-3H3;/q;;;+3. The summed E-state index contributed by atoms with van der Waals surface area (Å²) in [6.07, 6.45) is -24.8. The number of Topliss-reactive ketones (excluding diaryl/α,β-unsaturated/α-hetero) is 6. The Kier molecular flexibility index (Phi) is 21.1. The monoisotopic (exact) mass is 1040 g/mol. The summed E-state index contributed by atoms with van der Waals surface area (Å²) in [5.74, 6) is -49.2. The molecule has 28 heteroatoms. The van der Waals surface area contributed by atoms with Crippen molar-refractivity contribution in [2.75, 3.05) is 0 Å². The molecule has 6 nitrogen and oxygen atoms in total. The van der Waals surface area contributed by atoms with Crippen molar-refractivity contribution >= 4 is 34.7 Å². The molecule has 0 aromatic heterocycles. The maximum absolute atomic E-state index is 12.9. The van der Waals surface area contributed by atoms with Gasteiger partial charge in [0.1, 0.15) is 17.3 Å². The van der Waals surface area contributed by atoms with Crippen molar-refractivity contribution in [1.29, 1.82) is 0 Å². The summed E-state index contributed by atoms with van der Waals surface area (Å²) in [4.78, 5) is 66.2. The van der Waals surface area contributed by atoms with Crippen molar-refractivity contribution in [2.24, 2.45) is 16.2 Å². The molecular weight excluding hydrogens is 1010 g/mol. The van der Waals surface area contributed by atoms with E-state index in [0.717, 1.165) is 0 Å². The van der Waals surface area contributed by atoms with Crippen molar-refractivity contribution in [3.05, 3.63) is 0 Å². The maximum Gasteiger partial charge on any atom is 3.00 e. The molecule has 0 aliphatic rings. The van der Waals surface area contributed by atoms with Crippen LogP contribution >= 0.6 is 0 Å². The zero-order chi connectivity index (χ0) is 47.6. The number of carbonyl (C=O) groups excluding carboxylic acids is 6. The smallest absolute Gasteiger partial charge is 0.299 e. The Balaban J connectivity index is -0.000000374. The minimum Gasteiger partial charge on any atom is -0.299 e. The summed E-state index contributed by atoms with van der Waals surface area (Å²) in [5.41, 5.74) is -3.92. The zero-order valence-corrected chi connectivity index (χ0v) is 33.3. The van der Waals surface area contributed by atoms with E-state index in [2.05, 4.69) is 0 Å². The Morgan fingerprint density at radius 3 is 0.483 bits per heavy atom. The Morgan fingerprint density at radius 2 is 0.397 bits per heavy atom. The molecule has 58 heavy (non-hydrogen) atoms. The third kappa shape index (κ3) is 15.2. The largest absolute Gasteiger partial charge is 3.00 e. The number of hydrogen-bond acceptors (Lipinski definition) is 6. The molecule has 0 aliphatic heterocycles. The molecule has 0 saturated heterocycles. The molecule has 0 bridgehead atoms. The van der Waals surface area contributed by atoms with Gasteiger partial charge < -0.3 is 0 Å². The van der Waals surface area contributed by atoms with Gasteiger partial charge in [-0.15, -0.1) is 0 Å². The van der Waals surface area contributed by atoms with Gasteiger partial charge in [-0.25, -0.2) is 0 Å². The fourth-order valence-corrected chi connectivity index (χ4v) is 2.63. The fourth-order valence-electron chi connectivity index (χ4n) is 2.63. The average Bonchev–Trinajstić information content (AvgIpc) is 2.93. The van der Waals surface area contributed by atoms with Gasteiger partial charge in [0.25, 0.3) is 0 Å².